The fourth-order valence-corrected chi connectivity index (χ4v) is 17.4. The largest absolute Gasteiger partial charge is 0.456 e. The van der Waals surface area contributed by atoms with Crippen molar-refractivity contribution in [2.24, 2.45) is 0 Å². The van der Waals surface area contributed by atoms with Crippen LogP contribution in [-0.4, -0.2) is 0 Å². The third-order valence-corrected chi connectivity index (χ3v) is 23.6. The average molecular weight is 1620 g/mol. The van der Waals surface area contributed by atoms with Gasteiger partial charge in [-0.05, 0) is 211 Å². The summed E-state index contributed by atoms with van der Waals surface area (Å²) in [5, 5.41) is 6.76. The van der Waals surface area contributed by atoms with E-state index < -0.39 is 0 Å². The molecule has 0 unspecified atom stereocenters. The Morgan fingerprint density at radius 1 is 0.119 bits per heavy atom. The fraction of sp³-hybridized carbons (Fsp3) is 0. The van der Waals surface area contributed by atoms with Crippen LogP contribution in [0.2, 0.25) is 0 Å². The van der Waals surface area contributed by atoms with Gasteiger partial charge in [-0.2, -0.15) is 0 Å². The number of para-hydroxylation sites is 4. The lowest BCUT2D eigenvalue weighted by Crippen LogP contribution is -2.11. The lowest BCUT2D eigenvalue weighted by molar-refractivity contribution is 0.668. The van der Waals surface area contributed by atoms with E-state index in [0.29, 0.717) is 0 Å². The molecular weight excluding hydrogens is 1530 g/mol. The molecule has 6 nitrogen and oxygen atoms in total. The van der Waals surface area contributed by atoms with Crippen molar-refractivity contribution in [3.05, 3.63) is 504 Å². The highest BCUT2D eigenvalue weighted by molar-refractivity contribution is 6.09. The Hall–Kier alpha value is -16.8. The summed E-state index contributed by atoms with van der Waals surface area (Å²) in [5.41, 5.74) is 33.9. The van der Waals surface area contributed by atoms with Crippen molar-refractivity contribution < 1.29 is 13.3 Å². The second-order valence-corrected chi connectivity index (χ2v) is 31.5. The Morgan fingerprint density at radius 3 is 0.730 bits per heavy atom. The first kappa shape index (κ1) is 76.6. The molecule has 0 fully saturated rings. The number of nitrogens with zero attached hydrogens (tertiary/aromatic N) is 3. The van der Waals surface area contributed by atoms with Crippen LogP contribution in [0.3, 0.4) is 0 Å². The van der Waals surface area contributed by atoms with E-state index in [1.807, 2.05) is 42.5 Å². The zero-order valence-electron chi connectivity index (χ0n) is 69.0. The topological polar surface area (TPSA) is 49.1 Å². The van der Waals surface area contributed by atoms with Crippen molar-refractivity contribution in [1.29, 1.82) is 0 Å². The molecule has 0 N–H and O–H groups in total. The smallest absolute Gasteiger partial charge is 0.137 e. The maximum atomic E-state index is 6.37. The molecule has 20 aromatic carbocycles. The maximum Gasteiger partial charge on any atom is 0.137 e. The first-order valence-electron chi connectivity index (χ1n) is 42.7. The Balaban J connectivity index is 0.000000116. The van der Waals surface area contributed by atoms with Gasteiger partial charge in [0.25, 0.3) is 0 Å². The second-order valence-electron chi connectivity index (χ2n) is 31.5. The molecule has 0 amide bonds. The number of fused-ring (bicyclic) bond motifs is 9. The SMILES string of the molecule is c1ccc(-c2ccc(-c3ccc(N(c4cccc(-c5ccccc5)c4)c4ccc5c(c4)oc4ccccc45)cc3)cc2)cc1.c1ccc(-c2ccc(N(c3ccc4c(c3)oc3ccccc34)c3ccccc3-c3ccccc3)cc2)cc1.c1ccc(-c2cccc(N(c3cc(-c4ccccc4)cc(-c4ccccc4)c3)c3ccc4c(c3)oc3ccccc34)c2)cc1. The molecule has 0 bridgehead atoms. The third kappa shape index (κ3) is 15.8. The predicted molar refractivity (Wildman–Crippen MR) is 529 cm³/mol. The van der Waals surface area contributed by atoms with Crippen molar-refractivity contribution in [3.8, 4) is 89.0 Å². The van der Waals surface area contributed by atoms with Crippen LogP contribution < -0.4 is 14.7 Å². The van der Waals surface area contributed by atoms with E-state index in [9.17, 15) is 0 Å². The van der Waals surface area contributed by atoms with Crippen molar-refractivity contribution >= 4 is 117 Å². The monoisotopic (exact) mass is 1610 g/mol. The molecule has 0 aliphatic heterocycles. The molecule has 0 saturated carbocycles. The Kier molecular flexibility index (Phi) is 21.1. The lowest BCUT2D eigenvalue weighted by atomic mass is 9.97. The summed E-state index contributed by atoms with van der Waals surface area (Å²) in [5.74, 6) is 0. The van der Waals surface area contributed by atoms with Crippen LogP contribution >= 0.6 is 0 Å². The van der Waals surface area contributed by atoms with E-state index in [2.05, 4.69) is 476 Å². The van der Waals surface area contributed by atoms with Crippen LogP contribution in [0.15, 0.2) is 517 Å². The molecule has 6 heteroatoms. The van der Waals surface area contributed by atoms with Gasteiger partial charge in [0.2, 0.25) is 0 Å². The van der Waals surface area contributed by atoms with Gasteiger partial charge in [0, 0.05) is 102 Å². The molecule has 596 valence electrons. The van der Waals surface area contributed by atoms with Crippen LogP contribution in [0.25, 0.3) is 155 Å². The number of hydrogen-bond donors (Lipinski definition) is 0. The minimum absolute atomic E-state index is 0.871. The summed E-state index contributed by atoms with van der Waals surface area (Å²) in [6, 6.07) is 178. The van der Waals surface area contributed by atoms with E-state index in [0.717, 1.165) is 128 Å². The number of rotatable bonds is 17. The number of hydrogen-bond acceptors (Lipinski definition) is 6. The highest BCUT2D eigenvalue weighted by atomic mass is 16.3. The normalized spacial score (nSPS) is 11.2. The van der Waals surface area contributed by atoms with E-state index in [4.69, 9.17) is 13.3 Å². The van der Waals surface area contributed by atoms with Crippen LogP contribution in [0, 0.1) is 0 Å². The molecule has 0 aliphatic rings. The van der Waals surface area contributed by atoms with Gasteiger partial charge >= 0.3 is 0 Å². The number of benzene rings is 20. The van der Waals surface area contributed by atoms with Crippen molar-refractivity contribution in [2.75, 3.05) is 14.7 Å². The first-order valence-corrected chi connectivity index (χ1v) is 42.7. The van der Waals surface area contributed by atoms with Crippen LogP contribution in [0.1, 0.15) is 0 Å². The molecule has 0 atom stereocenters. The summed E-state index contributed by atoms with van der Waals surface area (Å²) >= 11 is 0. The van der Waals surface area contributed by atoms with Gasteiger partial charge in [-0.1, -0.05) is 358 Å². The lowest BCUT2D eigenvalue weighted by Gasteiger charge is -2.28. The molecule has 23 rings (SSSR count). The van der Waals surface area contributed by atoms with E-state index in [1.54, 1.807) is 0 Å². The summed E-state index contributed by atoms with van der Waals surface area (Å²) in [7, 11) is 0. The van der Waals surface area contributed by atoms with Crippen molar-refractivity contribution in [3.63, 3.8) is 0 Å². The highest BCUT2D eigenvalue weighted by Gasteiger charge is 2.23. The fourth-order valence-electron chi connectivity index (χ4n) is 17.4. The molecule has 126 heavy (non-hydrogen) atoms. The van der Waals surface area contributed by atoms with E-state index in [-0.39, 0.29) is 0 Å². The molecular formula is C120H83N3O3. The van der Waals surface area contributed by atoms with E-state index in [1.165, 1.54) is 77.9 Å². The van der Waals surface area contributed by atoms with Gasteiger partial charge in [0.15, 0.2) is 0 Å². The number of furan rings is 3. The van der Waals surface area contributed by atoms with Crippen molar-refractivity contribution in [1.82, 2.24) is 0 Å². The summed E-state index contributed by atoms with van der Waals surface area (Å²) in [6.07, 6.45) is 0. The standard InChI is InChI=1S/2C42H29NO.C36H25NO/c1-4-13-30(14-5-1)33-19-12-20-36(26-33)43(37-23-24-40-39-21-10-11-22-41(39)44-42(40)29-37)38-27-34(31-15-6-2-7-16-31)25-35(28-38)32-17-8-3-9-18-32;1-3-10-30(11-4-1)32-18-20-33(21-19-32)34-22-24-36(25-23-34)43(37-15-9-14-35(28-37)31-12-5-2-6-13-31)38-26-27-40-39-16-7-8-17-41(39)44-42(40)29-38;1-3-11-26(12-4-1)27-19-21-29(22-20-27)37(34-17-9-7-15-31(34)28-13-5-2-6-14-28)30-23-24-33-32-16-8-10-18-35(32)38-36(33)25-30/h2*1-29H;1-25H. The maximum absolute atomic E-state index is 6.37. The molecule has 23 aromatic rings. The summed E-state index contributed by atoms with van der Waals surface area (Å²) < 4.78 is 18.9. The van der Waals surface area contributed by atoms with Gasteiger partial charge in [-0.15, -0.1) is 0 Å². The quantitative estimate of drug-likeness (QED) is 0.0905. The molecule has 3 aromatic heterocycles. The summed E-state index contributed by atoms with van der Waals surface area (Å²) in [6.45, 7) is 0. The van der Waals surface area contributed by atoms with Gasteiger partial charge < -0.3 is 28.0 Å². The second kappa shape index (κ2) is 34.7. The molecule has 0 radical (unpaired) electrons. The first-order chi connectivity index (χ1) is 62.4. The molecule has 0 spiro atoms. The molecule has 3 heterocycles. The highest BCUT2D eigenvalue weighted by Crippen LogP contribution is 2.48. The zero-order chi connectivity index (χ0) is 83.9. The third-order valence-electron chi connectivity index (χ3n) is 23.6. The van der Waals surface area contributed by atoms with Crippen molar-refractivity contribution in [2.45, 2.75) is 0 Å². The van der Waals surface area contributed by atoms with Crippen LogP contribution in [0.4, 0.5) is 51.2 Å². The average Bonchev–Trinajstić information content (AvgIpc) is 1.73. The van der Waals surface area contributed by atoms with Crippen LogP contribution in [-0.2, 0) is 0 Å². The zero-order valence-corrected chi connectivity index (χ0v) is 69.0. The molecule has 0 saturated heterocycles. The Labute approximate surface area is 732 Å². The molecule has 0 aliphatic carbocycles. The summed E-state index contributed by atoms with van der Waals surface area (Å²) in [4.78, 5) is 6.98. The minimum Gasteiger partial charge on any atom is -0.456 e. The van der Waals surface area contributed by atoms with Gasteiger partial charge in [0.1, 0.15) is 33.5 Å². The Morgan fingerprint density at radius 2 is 0.357 bits per heavy atom. The Bertz CT molecular complexity index is 7670. The minimum atomic E-state index is 0.871. The van der Waals surface area contributed by atoms with Gasteiger partial charge in [0.05, 0.1) is 5.69 Å². The van der Waals surface area contributed by atoms with Gasteiger partial charge in [-0.25, -0.2) is 0 Å². The van der Waals surface area contributed by atoms with Gasteiger partial charge in [-0.3, -0.25) is 0 Å². The number of anilines is 9. The van der Waals surface area contributed by atoms with Crippen LogP contribution in [0.5, 0.6) is 0 Å². The predicted octanol–water partition coefficient (Wildman–Crippen LogP) is 34.5. The van der Waals surface area contributed by atoms with E-state index >= 15 is 0 Å².